The molecule has 0 unspecified atom stereocenters. The molecule has 0 radical (unpaired) electrons. The minimum atomic E-state index is -1.91. The molecule has 0 amide bonds. The molecule has 1 aromatic carbocycles. The van der Waals surface area contributed by atoms with Crippen molar-refractivity contribution in [3.63, 3.8) is 0 Å². The van der Waals surface area contributed by atoms with Crippen molar-refractivity contribution >= 4 is 23.5 Å². The van der Waals surface area contributed by atoms with Gasteiger partial charge in [0, 0.05) is 0 Å². The third-order valence-corrected chi connectivity index (χ3v) is 2.22. The van der Waals surface area contributed by atoms with E-state index in [1.165, 1.54) is 0 Å². The zero-order valence-electron chi connectivity index (χ0n) is 6.74. The van der Waals surface area contributed by atoms with Gasteiger partial charge in [-0.2, -0.15) is 0 Å². The number of benzene rings is 1. The van der Waals surface area contributed by atoms with E-state index in [0.29, 0.717) is 0 Å². The van der Waals surface area contributed by atoms with Gasteiger partial charge in [-0.1, -0.05) is 11.6 Å². The fourth-order valence-electron chi connectivity index (χ4n) is 1.20. The number of carbonyl (C=O) groups is 2. The lowest BCUT2D eigenvalue weighted by atomic mass is 10.1. The maximum absolute atomic E-state index is 13.0. The summed E-state index contributed by atoms with van der Waals surface area (Å²) in [5.41, 5.74) is -1.75. The number of ether oxygens (including phenoxy) is 1. The number of carbonyl (C=O) groups excluding carboxylic acids is 2. The maximum atomic E-state index is 13.0. The summed E-state index contributed by atoms with van der Waals surface area (Å²) in [5.74, 6) is -8.08. The van der Waals surface area contributed by atoms with Gasteiger partial charge >= 0.3 is 11.9 Å². The average Bonchev–Trinajstić information content (AvgIpc) is 2.47. The Morgan fingerprint density at radius 2 is 1.40 bits per heavy atom. The number of hydrogen-bond acceptors (Lipinski definition) is 3. The molecular weight excluding hydrogens is 237 g/mol. The monoisotopic (exact) mass is 236 g/mol. The first-order valence-corrected chi connectivity index (χ1v) is 3.95. The van der Waals surface area contributed by atoms with Crippen LogP contribution in [-0.2, 0) is 4.74 Å². The summed E-state index contributed by atoms with van der Waals surface area (Å²) in [6, 6.07) is 0. The first-order valence-electron chi connectivity index (χ1n) is 3.57. The lowest BCUT2D eigenvalue weighted by molar-refractivity contribution is 0.0442. The third-order valence-electron chi connectivity index (χ3n) is 1.86. The van der Waals surface area contributed by atoms with Crippen LogP contribution < -0.4 is 0 Å². The van der Waals surface area contributed by atoms with Gasteiger partial charge in [0.1, 0.15) is 5.56 Å². The van der Waals surface area contributed by atoms with Gasteiger partial charge in [-0.15, -0.1) is 0 Å². The van der Waals surface area contributed by atoms with Gasteiger partial charge in [0.05, 0.1) is 10.6 Å². The van der Waals surface area contributed by atoms with E-state index in [1.54, 1.807) is 0 Å². The second-order valence-corrected chi connectivity index (χ2v) is 3.06. The number of rotatable bonds is 0. The zero-order chi connectivity index (χ0) is 11.3. The van der Waals surface area contributed by atoms with Crippen LogP contribution in [0.3, 0.4) is 0 Å². The smallest absolute Gasteiger partial charge is 0.350 e. The van der Waals surface area contributed by atoms with Gasteiger partial charge < -0.3 is 4.74 Å². The molecule has 15 heavy (non-hydrogen) atoms. The van der Waals surface area contributed by atoms with Crippen molar-refractivity contribution < 1.29 is 27.5 Å². The molecule has 0 bridgehead atoms. The van der Waals surface area contributed by atoms with E-state index >= 15 is 0 Å². The Morgan fingerprint density at radius 3 is 2.00 bits per heavy atom. The molecule has 1 aliphatic heterocycles. The Morgan fingerprint density at radius 1 is 0.867 bits per heavy atom. The summed E-state index contributed by atoms with van der Waals surface area (Å²) in [6.07, 6.45) is 0. The van der Waals surface area contributed by atoms with Crippen LogP contribution in [0.5, 0.6) is 0 Å². The van der Waals surface area contributed by atoms with Crippen molar-refractivity contribution in [3.8, 4) is 0 Å². The minimum absolute atomic E-state index is 0.780. The fraction of sp³-hybridized carbons (Fsp3) is 0. The summed E-state index contributed by atoms with van der Waals surface area (Å²) in [4.78, 5) is 21.8. The van der Waals surface area contributed by atoms with Gasteiger partial charge in [0.25, 0.3) is 0 Å². The van der Waals surface area contributed by atoms with Crippen LogP contribution in [0.4, 0.5) is 13.2 Å². The predicted octanol–water partition coefficient (Wildman–Crippen LogP) is 2.07. The summed E-state index contributed by atoms with van der Waals surface area (Å²) in [6.45, 7) is 0. The predicted molar refractivity (Wildman–Crippen MR) is 41.1 cm³/mol. The number of hydrogen-bond donors (Lipinski definition) is 0. The Hall–Kier alpha value is -1.56. The highest BCUT2D eigenvalue weighted by atomic mass is 35.5. The molecule has 2 rings (SSSR count). The van der Waals surface area contributed by atoms with E-state index in [0.717, 1.165) is 0 Å². The summed E-state index contributed by atoms with van der Waals surface area (Å²) < 4.78 is 42.7. The van der Waals surface area contributed by atoms with Crippen LogP contribution in [0.25, 0.3) is 0 Å². The first-order chi connectivity index (χ1) is 6.95. The molecular formula is C8ClF3O3. The van der Waals surface area contributed by atoms with E-state index in [1.807, 2.05) is 0 Å². The molecule has 1 aromatic rings. The van der Waals surface area contributed by atoms with Crippen molar-refractivity contribution in [2.24, 2.45) is 0 Å². The second kappa shape index (κ2) is 2.96. The molecule has 1 aliphatic rings. The van der Waals surface area contributed by atoms with Crippen LogP contribution in [0.1, 0.15) is 20.7 Å². The summed E-state index contributed by atoms with van der Waals surface area (Å²) in [5, 5.41) is -0.959. The van der Waals surface area contributed by atoms with Crippen molar-refractivity contribution in [2.75, 3.05) is 0 Å². The lowest BCUT2D eigenvalue weighted by Crippen LogP contribution is -2.04. The van der Waals surface area contributed by atoms with Gasteiger partial charge in [-0.3, -0.25) is 0 Å². The molecule has 0 N–H and O–H groups in total. The van der Waals surface area contributed by atoms with Crippen LogP contribution in [0, 0.1) is 17.5 Å². The van der Waals surface area contributed by atoms with E-state index in [9.17, 15) is 22.8 Å². The molecule has 7 heteroatoms. The minimum Gasteiger partial charge on any atom is -0.386 e. The van der Waals surface area contributed by atoms with Crippen molar-refractivity contribution in [1.29, 1.82) is 0 Å². The molecule has 0 fully saturated rings. The van der Waals surface area contributed by atoms with Crippen LogP contribution >= 0.6 is 11.6 Å². The molecule has 0 atom stereocenters. The lowest BCUT2D eigenvalue weighted by Gasteiger charge is -2.01. The molecule has 78 valence electrons. The van der Waals surface area contributed by atoms with E-state index in [4.69, 9.17) is 11.6 Å². The SMILES string of the molecule is O=C1OC(=O)c2c(Cl)c(F)c(F)c(F)c21. The quantitative estimate of drug-likeness (QED) is 0.300. The van der Waals surface area contributed by atoms with Crippen molar-refractivity contribution in [3.05, 3.63) is 33.6 Å². The Labute approximate surface area is 85.4 Å². The fourth-order valence-corrected chi connectivity index (χ4v) is 1.46. The standard InChI is InChI=1S/C8ClF3O3/c9-3-1-2(8(14)15-7(1)13)4(10)6(12)5(3)11. The molecule has 0 aromatic heterocycles. The van der Waals surface area contributed by atoms with E-state index in [-0.39, 0.29) is 0 Å². The summed E-state index contributed by atoms with van der Waals surface area (Å²) in [7, 11) is 0. The second-order valence-electron chi connectivity index (χ2n) is 2.68. The van der Waals surface area contributed by atoms with Crippen LogP contribution in [-0.4, -0.2) is 11.9 Å². The Balaban J connectivity index is 2.92. The molecule has 0 spiro atoms. The first kappa shape index (κ1) is 9.97. The Bertz CT molecular complexity index is 468. The molecule has 1 heterocycles. The zero-order valence-corrected chi connectivity index (χ0v) is 7.49. The van der Waals surface area contributed by atoms with Gasteiger partial charge in [0.2, 0.25) is 0 Å². The number of fused-ring (bicyclic) bond motifs is 1. The van der Waals surface area contributed by atoms with Gasteiger partial charge in [-0.25, -0.2) is 22.8 Å². The normalized spacial score (nSPS) is 14.1. The van der Waals surface area contributed by atoms with Crippen molar-refractivity contribution in [1.82, 2.24) is 0 Å². The molecule has 0 saturated heterocycles. The highest BCUT2D eigenvalue weighted by molar-refractivity contribution is 6.36. The van der Waals surface area contributed by atoms with Crippen molar-refractivity contribution in [2.45, 2.75) is 0 Å². The van der Waals surface area contributed by atoms with E-state index < -0.39 is 45.5 Å². The van der Waals surface area contributed by atoms with E-state index in [2.05, 4.69) is 4.74 Å². The Kier molecular flexibility index (Phi) is 1.97. The third kappa shape index (κ3) is 1.14. The molecule has 3 nitrogen and oxygen atoms in total. The van der Waals surface area contributed by atoms with Gasteiger partial charge in [-0.05, 0) is 0 Å². The number of halogens is 4. The molecule has 0 saturated carbocycles. The summed E-state index contributed by atoms with van der Waals surface area (Å²) >= 11 is 5.24. The maximum Gasteiger partial charge on any atom is 0.350 e. The highest BCUT2D eigenvalue weighted by Crippen LogP contribution is 2.33. The van der Waals surface area contributed by atoms with Crippen LogP contribution in [0.2, 0.25) is 5.02 Å². The highest BCUT2D eigenvalue weighted by Gasteiger charge is 2.39. The number of cyclic esters (lactones) is 2. The topological polar surface area (TPSA) is 43.4 Å². The number of esters is 2. The average molecular weight is 237 g/mol. The van der Waals surface area contributed by atoms with Crippen LogP contribution in [0.15, 0.2) is 0 Å². The largest absolute Gasteiger partial charge is 0.386 e. The molecule has 0 aliphatic carbocycles. The van der Waals surface area contributed by atoms with Gasteiger partial charge in [0.15, 0.2) is 17.5 Å².